The van der Waals surface area contributed by atoms with Crippen molar-refractivity contribution in [1.82, 2.24) is 0 Å². The van der Waals surface area contributed by atoms with E-state index in [1.165, 1.54) is 11.1 Å². The summed E-state index contributed by atoms with van der Waals surface area (Å²) in [6, 6.07) is 4.35. The van der Waals surface area contributed by atoms with Gasteiger partial charge in [0.25, 0.3) is 0 Å². The van der Waals surface area contributed by atoms with Crippen molar-refractivity contribution in [2.45, 2.75) is 37.1 Å². The molecule has 0 radical (unpaired) electrons. The van der Waals surface area contributed by atoms with Crippen LogP contribution in [0.4, 0.5) is 0 Å². The summed E-state index contributed by atoms with van der Waals surface area (Å²) in [7, 11) is 2.26. The molecule has 116 valence electrons. The minimum atomic E-state index is -0.779. The van der Waals surface area contributed by atoms with Gasteiger partial charge >= 0.3 is 0 Å². The molecule has 1 saturated heterocycles. The van der Waals surface area contributed by atoms with Gasteiger partial charge in [-0.05, 0) is 29.3 Å². The van der Waals surface area contributed by atoms with Gasteiger partial charge in [0.05, 0.1) is 31.7 Å². The maximum Gasteiger partial charge on any atom is 0.231 e. The first-order chi connectivity index (χ1) is 10.6. The summed E-state index contributed by atoms with van der Waals surface area (Å²) in [4.78, 5) is 0. The smallest absolute Gasteiger partial charge is 0.231 e. The van der Waals surface area contributed by atoms with Crippen LogP contribution in [-0.2, 0) is 6.54 Å². The number of aliphatic hydroxyl groups excluding tert-OH is 2. The summed E-state index contributed by atoms with van der Waals surface area (Å²) in [6.07, 6.45) is 1.35. The maximum atomic E-state index is 10.7. The zero-order valence-electron chi connectivity index (χ0n) is 12.5. The molecule has 1 aromatic carbocycles. The number of nitrogens with zero attached hydrogens (tertiary/aromatic N) is 1. The van der Waals surface area contributed by atoms with Crippen LogP contribution < -0.4 is 9.47 Å². The molecule has 2 N–H and O–H groups in total. The summed E-state index contributed by atoms with van der Waals surface area (Å²) < 4.78 is 11.9. The molecule has 3 aliphatic heterocycles. The molecule has 5 heteroatoms. The van der Waals surface area contributed by atoms with Gasteiger partial charge in [-0.15, -0.1) is 0 Å². The van der Waals surface area contributed by atoms with Gasteiger partial charge in [-0.1, -0.05) is 0 Å². The minimum Gasteiger partial charge on any atom is -0.454 e. The summed E-state index contributed by atoms with van der Waals surface area (Å²) in [5.74, 6) is 1.48. The molecule has 0 bridgehead atoms. The average molecular weight is 302 g/mol. The lowest BCUT2D eigenvalue weighted by Gasteiger charge is -2.48. The molecule has 22 heavy (non-hydrogen) atoms. The molecule has 5 rings (SSSR count). The van der Waals surface area contributed by atoms with Crippen molar-refractivity contribution in [2.24, 2.45) is 0 Å². The van der Waals surface area contributed by atoms with Crippen LogP contribution in [0.25, 0.3) is 0 Å². The molecule has 0 aromatic heterocycles. The van der Waals surface area contributed by atoms with Crippen LogP contribution in [0.2, 0.25) is 0 Å². The van der Waals surface area contributed by atoms with Crippen molar-refractivity contribution in [3.05, 3.63) is 34.9 Å². The number of hydrogen-bond donors (Lipinski definition) is 2. The molecule has 5 nitrogen and oxygen atoms in total. The van der Waals surface area contributed by atoms with Gasteiger partial charge in [0.2, 0.25) is 6.79 Å². The molecule has 5 atom stereocenters. The number of rotatable bonds is 0. The van der Waals surface area contributed by atoms with Crippen LogP contribution in [0.3, 0.4) is 0 Å². The summed E-state index contributed by atoms with van der Waals surface area (Å²) in [5, 5.41) is 20.9. The van der Waals surface area contributed by atoms with Crippen LogP contribution in [-0.4, -0.2) is 53.3 Å². The molecule has 1 aromatic rings. The Labute approximate surface area is 129 Å². The van der Waals surface area contributed by atoms with Crippen molar-refractivity contribution in [2.75, 3.05) is 20.4 Å². The number of likely N-dealkylation sites (N-methyl/N-ethyl adjacent to an activating group) is 1. The van der Waals surface area contributed by atoms with Gasteiger partial charge in [-0.3, -0.25) is 0 Å². The molecule has 1 fully saturated rings. The molecular weight excluding hydrogens is 282 g/mol. The van der Waals surface area contributed by atoms with E-state index in [0.717, 1.165) is 41.1 Å². The van der Waals surface area contributed by atoms with Crippen LogP contribution in [0.15, 0.2) is 23.8 Å². The van der Waals surface area contributed by atoms with E-state index in [2.05, 4.69) is 13.1 Å². The lowest BCUT2D eigenvalue weighted by Crippen LogP contribution is -2.58. The zero-order valence-corrected chi connectivity index (χ0v) is 12.5. The molecular formula is C17H20NO4+. The van der Waals surface area contributed by atoms with Gasteiger partial charge < -0.3 is 24.2 Å². The molecule has 4 aliphatic rings. The van der Waals surface area contributed by atoms with E-state index < -0.39 is 12.2 Å². The van der Waals surface area contributed by atoms with E-state index in [4.69, 9.17) is 9.47 Å². The highest BCUT2D eigenvalue weighted by Crippen LogP contribution is 2.52. The Hall–Kier alpha value is -1.56. The van der Waals surface area contributed by atoms with Crippen molar-refractivity contribution in [1.29, 1.82) is 0 Å². The number of ether oxygens (including phenoxy) is 2. The van der Waals surface area contributed by atoms with Gasteiger partial charge in [-0.25, -0.2) is 0 Å². The molecule has 1 aliphatic carbocycles. The lowest BCUT2D eigenvalue weighted by atomic mass is 9.72. The minimum absolute atomic E-state index is 0.0688. The van der Waals surface area contributed by atoms with Crippen LogP contribution in [0.1, 0.15) is 23.5 Å². The van der Waals surface area contributed by atoms with E-state index in [1.54, 1.807) is 0 Å². The highest BCUT2D eigenvalue weighted by Gasteiger charge is 2.56. The second kappa shape index (κ2) is 4.04. The van der Waals surface area contributed by atoms with Gasteiger partial charge in [0.15, 0.2) is 11.5 Å². The maximum absolute atomic E-state index is 10.7. The van der Waals surface area contributed by atoms with E-state index in [-0.39, 0.29) is 18.8 Å². The highest BCUT2D eigenvalue weighted by atomic mass is 16.7. The Balaban J connectivity index is 1.73. The third-order valence-corrected chi connectivity index (χ3v) is 5.93. The van der Waals surface area contributed by atoms with E-state index in [1.807, 2.05) is 12.1 Å². The number of fused-ring (bicyclic) bond motifs is 3. The first kappa shape index (κ1) is 12.9. The highest BCUT2D eigenvalue weighted by molar-refractivity contribution is 5.52. The Morgan fingerprint density at radius 1 is 1.18 bits per heavy atom. The van der Waals surface area contributed by atoms with Gasteiger partial charge in [-0.2, -0.15) is 0 Å². The predicted octanol–water partition coefficient (Wildman–Crippen LogP) is 0.893. The Morgan fingerprint density at radius 2 is 1.95 bits per heavy atom. The molecule has 3 heterocycles. The average Bonchev–Trinajstić information content (AvgIpc) is 3.06. The predicted molar refractivity (Wildman–Crippen MR) is 78.6 cm³/mol. The second-order valence-corrected chi connectivity index (χ2v) is 7.21. The normalized spacial score (nSPS) is 41.0. The summed E-state index contributed by atoms with van der Waals surface area (Å²) >= 11 is 0. The lowest BCUT2D eigenvalue weighted by molar-refractivity contribution is -0.935. The van der Waals surface area contributed by atoms with E-state index >= 15 is 0 Å². The van der Waals surface area contributed by atoms with Crippen LogP contribution >= 0.6 is 0 Å². The largest absolute Gasteiger partial charge is 0.454 e. The molecule has 0 unspecified atom stereocenters. The molecule has 0 amide bonds. The van der Waals surface area contributed by atoms with E-state index in [0.29, 0.717) is 0 Å². The van der Waals surface area contributed by atoms with Crippen molar-refractivity contribution in [3.63, 3.8) is 0 Å². The quantitative estimate of drug-likeness (QED) is 0.552. The third kappa shape index (κ3) is 1.49. The van der Waals surface area contributed by atoms with E-state index in [9.17, 15) is 10.2 Å². The second-order valence-electron chi connectivity index (χ2n) is 7.21. The summed E-state index contributed by atoms with van der Waals surface area (Å²) in [6.45, 7) is 2.25. The standard InChI is InChI=1S/C17H20NO4/c1-18-3-2-9-4-12(19)17(20)15(16(9)18)11-6-14-13(21-8-22-14)5-10(11)7-18/h4-6,12,15-17,19-20H,2-3,7-8H2,1H3/q+1/t12-,15-,16+,17+,18-/m0/s1. The Morgan fingerprint density at radius 3 is 2.77 bits per heavy atom. The Bertz CT molecular complexity index is 700. The fourth-order valence-corrected chi connectivity index (χ4v) is 4.96. The van der Waals surface area contributed by atoms with Crippen molar-refractivity contribution in [3.8, 4) is 11.5 Å². The van der Waals surface area contributed by atoms with Crippen LogP contribution in [0.5, 0.6) is 11.5 Å². The molecule has 0 spiro atoms. The topological polar surface area (TPSA) is 58.9 Å². The number of quaternary nitrogens is 1. The molecule has 0 saturated carbocycles. The zero-order chi connectivity index (χ0) is 15.1. The monoisotopic (exact) mass is 302 g/mol. The van der Waals surface area contributed by atoms with Gasteiger partial charge in [0, 0.05) is 12.0 Å². The third-order valence-electron chi connectivity index (χ3n) is 5.93. The van der Waals surface area contributed by atoms with Crippen LogP contribution in [0, 0.1) is 0 Å². The number of aliphatic hydroxyl groups is 2. The van der Waals surface area contributed by atoms with Crippen molar-refractivity contribution < 1.29 is 24.2 Å². The number of hydrogen-bond acceptors (Lipinski definition) is 4. The number of benzene rings is 1. The van der Waals surface area contributed by atoms with Crippen molar-refractivity contribution >= 4 is 0 Å². The SMILES string of the molecule is C[N@+]12CCC3=C[C@H](O)[C@@H](O)[C@@H](c4cc5c(cc4C1)OCO5)[C@@H]32. The van der Waals surface area contributed by atoms with Gasteiger partial charge in [0.1, 0.15) is 12.6 Å². The summed E-state index contributed by atoms with van der Waals surface area (Å²) in [5.41, 5.74) is 3.62. The Kier molecular flexibility index (Phi) is 2.38. The fourth-order valence-electron chi connectivity index (χ4n) is 4.96. The first-order valence-electron chi connectivity index (χ1n) is 7.90. The first-order valence-corrected chi connectivity index (χ1v) is 7.90. The fraction of sp³-hybridized carbons (Fsp3) is 0.529.